The van der Waals surface area contributed by atoms with Crippen LogP contribution in [0.5, 0.6) is 0 Å². The molecule has 0 aliphatic carbocycles. The van der Waals surface area contributed by atoms with Crippen LogP contribution in [-0.4, -0.2) is 60.5 Å². The Bertz CT molecular complexity index is 558. The molecule has 0 spiro atoms. The minimum absolute atomic E-state index is 0.0259. The molecule has 1 aromatic heterocycles. The molecule has 2 unspecified atom stereocenters. The molecule has 0 bridgehead atoms. The van der Waals surface area contributed by atoms with E-state index >= 15 is 0 Å². The topological polar surface area (TPSA) is 87.5 Å². The van der Waals surface area contributed by atoms with Crippen molar-refractivity contribution in [2.75, 3.05) is 20.2 Å². The van der Waals surface area contributed by atoms with Crippen LogP contribution in [-0.2, 0) is 16.6 Å². The van der Waals surface area contributed by atoms with Gasteiger partial charge in [0.1, 0.15) is 4.90 Å². The number of likely N-dealkylation sites (tertiary alicyclic amines) is 1. The predicted molar refractivity (Wildman–Crippen MR) is 79.4 cm³/mol. The summed E-state index contributed by atoms with van der Waals surface area (Å²) >= 11 is 0. The molecule has 8 heteroatoms. The molecule has 2 N–H and O–H groups in total. The number of hydrogen-bond donors (Lipinski definition) is 2. The highest BCUT2D eigenvalue weighted by Gasteiger charge is 2.27. The van der Waals surface area contributed by atoms with Crippen molar-refractivity contribution in [1.82, 2.24) is 19.4 Å². The summed E-state index contributed by atoms with van der Waals surface area (Å²) in [4.78, 5) is 2.42. The molecule has 0 amide bonds. The second kappa shape index (κ2) is 6.87. The largest absolute Gasteiger partial charge is 0.396 e. The third kappa shape index (κ3) is 4.26. The zero-order valence-corrected chi connectivity index (χ0v) is 13.4. The van der Waals surface area contributed by atoms with Gasteiger partial charge in [-0.05, 0) is 39.8 Å². The highest BCUT2D eigenvalue weighted by Crippen LogP contribution is 2.18. The first-order valence-corrected chi connectivity index (χ1v) is 8.76. The summed E-state index contributed by atoms with van der Waals surface area (Å²) in [5.41, 5.74) is 0. The van der Waals surface area contributed by atoms with Crippen molar-refractivity contribution in [3.8, 4) is 0 Å². The smallest absolute Gasteiger partial charge is 0.243 e. The Hall–Kier alpha value is -0.960. The zero-order chi connectivity index (χ0) is 15.5. The fourth-order valence-electron chi connectivity index (χ4n) is 2.52. The van der Waals surface area contributed by atoms with E-state index in [-0.39, 0.29) is 17.5 Å². The molecule has 2 rings (SSSR count). The first kappa shape index (κ1) is 16.4. The maximum absolute atomic E-state index is 12.3. The van der Waals surface area contributed by atoms with Gasteiger partial charge in [-0.25, -0.2) is 13.1 Å². The van der Waals surface area contributed by atoms with Crippen molar-refractivity contribution >= 4 is 10.0 Å². The molecule has 1 aromatic rings. The van der Waals surface area contributed by atoms with E-state index in [4.69, 9.17) is 5.11 Å². The van der Waals surface area contributed by atoms with Crippen LogP contribution in [0.1, 0.15) is 26.2 Å². The average Bonchev–Trinajstić information content (AvgIpc) is 2.90. The highest BCUT2D eigenvalue weighted by atomic mass is 32.2. The van der Waals surface area contributed by atoms with Gasteiger partial charge in [0.25, 0.3) is 0 Å². The van der Waals surface area contributed by atoms with Gasteiger partial charge in [-0.15, -0.1) is 0 Å². The van der Waals surface area contributed by atoms with E-state index in [1.165, 1.54) is 12.4 Å². The number of aryl methyl sites for hydroxylation is 1. The Kier molecular flexibility index (Phi) is 5.37. The summed E-state index contributed by atoms with van der Waals surface area (Å²) in [6.45, 7) is 3.57. The fraction of sp³-hybridized carbons (Fsp3) is 0.769. The number of aromatic nitrogens is 2. The van der Waals surface area contributed by atoms with Crippen LogP contribution < -0.4 is 4.72 Å². The number of rotatable bonds is 6. The Morgan fingerprint density at radius 1 is 1.52 bits per heavy atom. The van der Waals surface area contributed by atoms with Gasteiger partial charge < -0.3 is 10.0 Å². The number of nitrogens with zero attached hydrogens (tertiary/aromatic N) is 3. The lowest BCUT2D eigenvalue weighted by atomic mass is 10.0. The number of sulfonamides is 1. The maximum atomic E-state index is 12.3. The fourth-order valence-corrected chi connectivity index (χ4v) is 3.76. The van der Waals surface area contributed by atoms with Gasteiger partial charge >= 0.3 is 0 Å². The Morgan fingerprint density at radius 3 is 2.95 bits per heavy atom. The van der Waals surface area contributed by atoms with Crippen LogP contribution in [0.2, 0.25) is 0 Å². The maximum Gasteiger partial charge on any atom is 0.243 e. The minimum Gasteiger partial charge on any atom is -0.396 e. The molecule has 1 fully saturated rings. The summed E-state index contributed by atoms with van der Waals surface area (Å²) in [5.74, 6) is 0. The standard InChI is InChI=1S/C13H24N4O3S/c1-11-8-12(4-6-16(11)2)15-21(19,20)13-9-14-17(10-13)5-3-7-18/h9-12,15,18H,3-8H2,1-2H3. The lowest BCUT2D eigenvalue weighted by molar-refractivity contribution is 0.178. The number of aliphatic hydroxyl groups excluding tert-OH is 1. The molecule has 1 aliphatic rings. The van der Waals surface area contributed by atoms with E-state index in [0.717, 1.165) is 19.4 Å². The summed E-state index contributed by atoms with van der Waals surface area (Å²) in [6, 6.07) is 0.348. The van der Waals surface area contributed by atoms with Gasteiger partial charge in [-0.3, -0.25) is 4.68 Å². The Balaban J connectivity index is 1.99. The van der Waals surface area contributed by atoms with Crippen molar-refractivity contribution < 1.29 is 13.5 Å². The molecule has 1 saturated heterocycles. The van der Waals surface area contributed by atoms with Crippen molar-refractivity contribution in [1.29, 1.82) is 0 Å². The van der Waals surface area contributed by atoms with Gasteiger partial charge in [-0.1, -0.05) is 0 Å². The number of hydrogen-bond acceptors (Lipinski definition) is 5. The van der Waals surface area contributed by atoms with E-state index in [1.54, 1.807) is 4.68 Å². The first-order chi connectivity index (χ1) is 9.92. The molecule has 2 atom stereocenters. The molecule has 0 aromatic carbocycles. The predicted octanol–water partition coefficient (Wildman–Crippen LogP) is 0.0265. The molecular weight excluding hydrogens is 292 g/mol. The second-order valence-electron chi connectivity index (χ2n) is 5.69. The molecule has 2 heterocycles. The number of aliphatic hydroxyl groups is 1. The van der Waals surface area contributed by atoms with Gasteiger partial charge in [0.05, 0.1) is 6.20 Å². The van der Waals surface area contributed by atoms with Crippen LogP contribution in [0, 0.1) is 0 Å². The lowest BCUT2D eigenvalue weighted by Gasteiger charge is -2.35. The highest BCUT2D eigenvalue weighted by molar-refractivity contribution is 7.89. The van der Waals surface area contributed by atoms with Crippen LogP contribution in [0.3, 0.4) is 0 Å². The monoisotopic (exact) mass is 316 g/mol. The quantitative estimate of drug-likeness (QED) is 0.773. The lowest BCUT2D eigenvalue weighted by Crippen LogP contribution is -2.47. The number of nitrogens with one attached hydrogen (secondary N) is 1. The van der Waals surface area contributed by atoms with Crippen LogP contribution >= 0.6 is 0 Å². The van der Waals surface area contributed by atoms with Gasteiger partial charge in [0.2, 0.25) is 10.0 Å². The van der Waals surface area contributed by atoms with Crippen LogP contribution in [0.15, 0.2) is 17.3 Å². The third-order valence-electron chi connectivity index (χ3n) is 4.00. The first-order valence-electron chi connectivity index (χ1n) is 7.28. The summed E-state index contributed by atoms with van der Waals surface area (Å²) in [6.07, 6.45) is 5.06. The van der Waals surface area contributed by atoms with Crippen LogP contribution in [0.4, 0.5) is 0 Å². The van der Waals surface area contributed by atoms with Crippen molar-refractivity contribution in [3.05, 3.63) is 12.4 Å². The van der Waals surface area contributed by atoms with Crippen LogP contribution in [0.25, 0.3) is 0 Å². The Morgan fingerprint density at radius 2 is 2.29 bits per heavy atom. The molecule has 21 heavy (non-hydrogen) atoms. The SMILES string of the molecule is CC1CC(NS(=O)(=O)c2cnn(CCCO)c2)CCN1C. The van der Waals surface area contributed by atoms with E-state index in [1.807, 2.05) is 0 Å². The number of piperidine rings is 1. The molecule has 1 aliphatic heterocycles. The van der Waals surface area contributed by atoms with E-state index in [9.17, 15) is 8.42 Å². The van der Waals surface area contributed by atoms with E-state index < -0.39 is 10.0 Å². The van der Waals surface area contributed by atoms with Gasteiger partial charge in [-0.2, -0.15) is 5.10 Å². The van der Waals surface area contributed by atoms with Crippen molar-refractivity contribution in [2.24, 2.45) is 0 Å². The van der Waals surface area contributed by atoms with Gasteiger partial charge in [0, 0.05) is 31.4 Å². The van der Waals surface area contributed by atoms with E-state index in [2.05, 4.69) is 28.7 Å². The molecule has 0 radical (unpaired) electrons. The zero-order valence-electron chi connectivity index (χ0n) is 12.6. The van der Waals surface area contributed by atoms with Crippen molar-refractivity contribution in [3.63, 3.8) is 0 Å². The third-order valence-corrected chi connectivity index (χ3v) is 5.47. The second-order valence-corrected chi connectivity index (χ2v) is 7.40. The Labute approximate surface area is 126 Å². The van der Waals surface area contributed by atoms with Crippen molar-refractivity contribution in [2.45, 2.75) is 49.7 Å². The molecule has 120 valence electrons. The summed E-state index contributed by atoms with van der Waals surface area (Å²) in [7, 11) is -1.46. The summed E-state index contributed by atoms with van der Waals surface area (Å²) in [5, 5.41) is 12.8. The summed E-state index contributed by atoms with van der Waals surface area (Å²) < 4.78 is 29.0. The minimum atomic E-state index is -3.52. The molecule has 7 nitrogen and oxygen atoms in total. The van der Waals surface area contributed by atoms with Gasteiger partial charge in [0.15, 0.2) is 0 Å². The molecule has 0 saturated carbocycles. The van der Waals surface area contributed by atoms with E-state index in [0.29, 0.717) is 19.0 Å². The average molecular weight is 316 g/mol. The molecular formula is C13H24N4O3S. The normalized spacial score (nSPS) is 24.3.